The van der Waals surface area contributed by atoms with Gasteiger partial charge in [-0.25, -0.2) is 4.98 Å². The number of thiazole rings is 1. The molecule has 0 bridgehead atoms. The minimum Gasteiger partial charge on any atom is -0.387 e. The number of fused-ring (bicyclic) bond motifs is 1. The van der Waals surface area contributed by atoms with E-state index in [2.05, 4.69) is 15.3 Å². The number of aliphatic hydroxyl groups is 1. The zero-order chi connectivity index (χ0) is 14.8. The summed E-state index contributed by atoms with van der Waals surface area (Å²) in [5.41, 5.74) is 1.87. The van der Waals surface area contributed by atoms with Crippen molar-refractivity contribution in [2.24, 2.45) is 0 Å². The van der Waals surface area contributed by atoms with E-state index in [0.717, 1.165) is 10.9 Å². The van der Waals surface area contributed by atoms with Gasteiger partial charge in [-0.2, -0.15) is 0 Å². The number of amides is 1. The van der Waals surface area contributed by atoms with Crippen LogP contribution in [0.25, 0.3) is 10.9 Å². The van der Waals surface area contributed by atoms with Gasteiger partial charge in [-0.3, -0.25) is 15.1 Å². The number of carbonyl (C=O) groups excluding carboxylic acids is 1. The van der Waals surface area contributed by atoms with Crippen molar-refractivity contribution in [2.45, 2.75) is 13.0 Å². The Hall–Kier alpha value is -2.31. The number of hydrogen-bond donors (Lipinski definition) is 2. The fourth-order valence-corrected chi connectivity index (χ4v) is 2.79. The van der Waals surface area contributed by atoms with Crippen LogP contribution in [0.5, 0.6) is 0 Å². The van der Waals surface area contributed by atoms with Gasteiger partial charge >= 0.3 is 0 Å². The molecular formula is C15H13N3O2S. The van der Waals surface area contributed by atoms with Crippen LogP contribution in [-0.4, -0.2) is 21.0 Å². The van der Waals surface area contributed by atoms with E-state index in [1.165, 1.54) is 11.3 Å². The van der Waals surface area contributed by atoms with Gasteiger partial charge in [-0.05, 0) is 19.1 Å². The van der Waals surface area contributed by atoms with Crippen molar-refractivity contribution in [3.05, 3.63) is 53.2 Å². The number of benzene rings is 1. The third-order valence-electron chi connectivity index (χ3n) is 3.06. The van der Waals surface area contributed by atoms with Gasteiger partial charge in [0.05, 0.1) is 22.9 Å². The minimum atomic E-state index is -0.645. The number of carbonyl (C=O) groups is 1. The molecule has 0 aliphatic rings. The van der Waals surface area contributed by atoms with E-state index in [1.807, 2.05) is 24.3 Å². The summed E-state index contributed by atoms with van der Waals surface area (Å²) in [5, 5.41) is 15.2. The molecule has 2 aromatic heterocycles. The summed E-state index contributed by atoms with van der Waals surface area (Å²) < 4.78 is 0. The minimum absolute atomic E-state index is 0.236. The molecule has 0 saturated carbocycles. The molecule has 1 amide bonds. The lowest BCUT2D eigenvalue weighted by Gasteiger charge is -2.05. The number of nitrogens with zero attached hydrogens (tertiary/aromatic N) is 2. The first-order valence-electron chi connectivity index (χ1n) is 6.44. The maximum atomic E-state index is 12.4. The number of anilines is 1. The molecule has 0 aliphatic heterocycles. The molecule has 0 radical (unpaired) electrons. The molecule has 3 aromatic rings. The summed E-state index contributed by atoms with van der Waals surface area (Å²) in [6.07, 6.45) is 0.967. The van der Waals surface area contributed by atoms with Crippen molar-refractivity contribution in [3.63, 3.8) is 0 Å². The van der Waals surface area contributed by atoms with Crippen LogP contribution in [0.3, 0.4) is 0 Å². The zero-order valence-electron chi connectivity index (χ0n) is 11.3. The molecule has 2 heterocycles. The number of aliphatic hydroxyl groups excluding tert-OH is 1. The van der Waals surface area contributed by atoms with Crippen LogP contribution in [0.1, 0.15) is 29.1 Å². The normalized spacial score (nSPS) is 12.3. The highest BCUT2D eigenvalue weighted by Gasteiger charge is 2.13. The van der Waals surface area contributed by atoms with Gasteiger partial charge in [0.25, 0.3) is 5.91 Å². The Kier molecular flexibility index (Phi) is 3.64. The molecule has 0 spiro atoms. The van der Waals surface area contributed by atoms with Crippen molar-refractivity contribution in [2.75, 3.05) is 5.32 Å². The van der Waals surface area contributed by atoms with Gasteiger partial charge in [0.1, 0.15) is 0 Å². The summed E-state index contributed by atoms with van der Waals surface area (Å²) in [6, 6.07) is 9.16. The Bertz CT molecular complexity index is 793. The van der Waals surface area contributed by atoms with Crippen LogP contribution in [0, 0.1) is 0 Å². The first-order valence-corrected chi connectivity index (χ1v) is 7.31. The predicted octanol–water partition coefficient (Wildman–Crippen LogP) is 3.00. The lowest BCUT2D eigenvalue weighted by Crippen LogP contribution is -2.12. The maximum Gasteiger partial charge on any atom is 0.258 e. The van der Waals surface area contributed by atoms with Crippen molar-refractivity contribution in [1.82, 2.24) is 9.97 Å². The molecule has 0 saturated heterocycles. The summed E-state index contributed by atoms with van der Waals surface area (Å²) in [5.74, 6) is -0.236. The van der Waals surface area contributed by atoms with Crippen LogP contribution >= 0.6 is 11.3 Å². The fourth-order valence-electron chi connectivity index (χ4n) is 1.99. The van der Waals surface area contributed by atoms with Crippen molar-refractivity contribution >= 4 is 33.3 Å². The van der Waals surface area contributed by atoms with Crippen LogP contribution in [-0.2, 0) is 0 Å². The molecule has 5 nitrogen and oxygen atoms in total. The van der Waals surface area contributed by atoms with Gasteiger partial charge in [-0.1, -0.05) is 18.2 Å². The second-order valence-corrected chi connectivity index (χ2v) is 5.44. The largest absolute Gasteiger partial charge is 0.387 e. The molecule has 21 heavy (non-hydrogen) atoms. The number of aromatic nitrogens is 2. The van der Waals surface area contributed by atoms with Crippen molar-refractivity contribution in [1.29, 1.82) is 0 Å². The number of rotatable bonds is 3. The summed E-state index contributed by atoms with van der Waals surface area (Å²) >= 11 is 1.29. The molecule has 1 aromatic carbocycles. The molecular weight excluding hydrogens is 286 g/mol. The second kappa shape index (κ2) is 5.59. The van der Waals surface area contributed by atoms with Crippen LogP contribution in [0.15, 0.2) is 41.9 Å². The van der Waals surface area contributed by atoms with Crippen LogP contribution in [0.2, 0.25) is 0 Å². The monoisotopic (exact) mass is 299 g/mol. The Labute approximate surface area is 125 Å². The highest BCUT2D eigenvalue weighted by atomic mass is 32.1. The summed E-state index contributed by atoms with van der Waals surface area (Å²) in [6.45, 7) is 1.64. The first kappa shape index (κ1) is 13.7. The lowest BCUT2D eigenvalue weighted by molar-refractivity contribution is 0.102. The Morgan fingerprint density at radius 2 is 2.14 bits per heavy atom. The SMILES string of the molecule is CC(O)c1csc(NC(=O)c2ccnc3ccccc23)n1. The molecule has 1 unspecified atom stereocenters. The van der Waals surface area contributed by atoms with Crippen LogP contribution in [0.4, 0.5) is 5.13 Å². The number of nitrogens with one attached hydrogen (secondary N) is 1. The van der Waals surface area contributed by atoms with E-state index >= 15 is 0 Å². The Morgan fingerprint density at radius 1 is 1.33 bits per heavy atom. The highest BCUT2D eigenvalue weighted by Crippen LogP contribution is 2.22. The quantitative estimate of drug-likeness (QED) is 0.779. The summed E-state index contributed by atoms with van der Waals surface area (Å²) in [7, 11) is 0. The highest BCUT2D eigenvalue weighted by molar-refractivity contribution is 7.14. The molecule has 0 fully saturated rings. The van der Waals surface area contributed by atoms with E-state index in [1.54, 1.807) is 24.6 Å². The third kappa shape index (κ3) is 2.76. The second-order valence-electron chi connectivity index (χ2n) is 4.58. The predicted molar refractivity (Wildman–Crippen MR) is 82.4 cm³/mol. The van der Waals surface area contributed by atoms with E-state index in [-0.39, 0.29) is 5.91 Å². The Balaban J connectivity index is 1.90. The molecule has 3 rings (SSSR count). The molecule has 106 valence electrons. The molecule has 0 aliphatic carbocycles. The number of pyridine rings is 1. The average molecular weight is 299 g/mol. The van der Waals surface area contributed by atoms with Crippen molar-refractivity contribution in [3.8, 4) is 0 Å². The van der Waals surface area contributed by atoms with Crippen LogP contribution < -0.4 is 5.32 Å². The first-order chi connectivity index (χ1) is 10.1. The fraction of sp³-hybridized carbons (Fsp3) is 0.133. The summed E-state index contributed by atoms with van der Waals surface area (Å²) in [4.78, 5) is 20.8. The number of para-hydroxylation sites is 1. The smallest absolute Gasteiger partial charge is 0.258 e. The van der Waals surface area contributed by atoms with Gasteiger partial charge < -0.3 is 5.11 Å². The van der Waals surface area contributed by atoms with Gasteiger partial charge in [0, 0.05) is 17.0 Å². The maximum absolute atomic E-state index is 12.4. The van der Waals surface area contributed by atoms with Gasteiger partial charge in [0.15, 0.2) is 5.13 Å². The lowest BCUT2D eigenvalue weighted by atomic mass is 10.1. The average Bonchev–Trinajstić information content (AvgIpc) is 2.95. The standard InChI is InChI=1S/C15H13N3O2S/c1-9(19)13-8-21-15(17-13)18-14(20)11-6-7-16-12-5-3-2-4-10(11)12/h2-9,19H,1H3,(H,17,18,20). The molecule has 2 N–H and O–H groups in total. The third-order valence-corrected chi connectivity index (χ3v) is 3.84. The van der Waals surface area contributed by atoms with E-state index < -0.39 is 6.10 Å². The van der Waals surface area contributed by atoms with Gasteiger partial charge in [0.2, 0.25) is 0 Å². The van der Waals surface area contributed by atoms with E-state index in [0.29, 0.717) is 16.4 Å². The molecule has 1 atom stereocenters. The van der Waals surface area contributed by atoms with Crippen molar-refractivity contribution < 1.29 is 9.90 Å². The molecule has 6 heteroatoms. The topological polar surface area (TPSA) is 75.1 Å². The number of hydrogen-bond acceptors (Lipinski definition) is 5. The zero-order valence-corrected chi connectivity index (χ0v) is 12.1. The Morgan fingerprint density at radius 3 is 2.90 bits per heavy atom. The van der Waals surface area contributed by atoms with Gasteiger partial charge in [-0.15, -0.1) is 11.3 Å². The van der Waals surface area contributed by atoms with E-state index in [9.17, 15) is 9.90 Å². The van der Waals surface area contributed by atoms with E-state index in [4.69, 9.17) is 0 Å².